The fraction of sp³-hybridized carbons (Fsp3) is 0.154. The number of fused-ring (bicyclic) bond motifs is 2. The van der Waals surface area contributed by atoms with Gasteiger partial charge in [0.15, 0.2) is 0 Å². The van der Waals surface area contributed by atoms with Crippen molar-refractivity contribution in [3.63, 3.8) is 0 Å². The van der Waals surface area contributed by atoms with Gasteiger partial charge < -0.3 is 10.4 Å². The fourth-order valence-electron chi connectivity index (χ4n) is 2.09. The van der Waals surface area contributed by atoms with Crippen LogP contribution < -0.4 is 5.32 Å². The molecule has 1 aliphatic heterocycles. The molecule has 0 saturated carbocycles. The highest BCUT2D eigenvalue weighted by molar-refractivity contribution is 5.84. The summed E-state index contributed by atoms with van der Waals surface area (Å²) in [5.74, 6) is 0.284. The summed E-state index contributed by atoms with van der Waals surface area (Å²) in [6.07, 6.45) is 2.03. The maximum absolute atomic E-state index is 9.42. The first-order valence-corrected chi connectivity index (χ1v) is 5.31. The number of phenols is 1. The summed E-state index contributed by atoms with van der Waals surface area (Å²) >= 11 is 0. The molecule has 0 radical (unpaired) electrons. The molecule has 0 fully saturated rings. The molecule has 0 atom stereocenters. The van der Waals surface area contributed by atoms with Crippen molar-refractivity contribution in [2.24, 2.45) is 0 Å². The molecule has 0 saturated heterocycles. The van der Waals surface area contributed by atoms with Crippen LogP contribution in [-0.4, -0.2) is 10.1 Å². The third-order valence-electron chi connectivity index (χ3n) is 2.89. The van der Waals surface area contributed by atoms with Crippen LogP contribution in [-0.2, 0) is 6.54 Å². The van der Waals surface area contributed by atoms with Gasteiger partial charge in [-0.15, -0.1) is 0 Å². The van der Waals surface area contributed by atoms with E-state index in [-0.39, 0.29) is 5.75 Å². The first-order valence-electron chi connectivity index (χ1n) is 5.31. The minimum atomic E-state index is 0.284. The molecule has 16 heavy (non-hydrogen) atoms. The molecular formula is C13H12N2O. The van der Waals surface area contributed by atoms with Gasteiger partial charge >= 0.3 is 0 Å². The van der Waals surface area contributed by atoms with Gasteiger partial charge in [-0.25, -0.2) is 4.98 Å². The Morgan fingerprint density at radius 3 is 3.06 bits per heavy atom. The number of benzene rings is 1. The van der Waals surface area contributed by atoms with Crippen molar-refractivity contribution in [2.45, 2.75) is 13.5 Å². The van der Waals surface area contributed by atoms with Crippen LogP contribution in [0.2, 0.25) is 0 Å². The van der Waals surface area contributed by atoms with E-state index in [0.717, 1.165) is 28.8 Å². The minimum Gasteiger partial charge on any atom is -0.508 e. The Morgan fingerprint density at radius 2 is 2.25 bits per heavy atom. The number of aromatic hydroxyl groups is 1. The molecule has 0 amide bonds. The lowest BCUT2D eigenvalue weighted by molar-refractivity contribution is 0.476. The molecule has 80 valence electrons. The number of nitrogens with zero attached hydrogens (tertiary/aromatic N) is 1. The number of aromatic nitrogens is 1. The summed E-state index contributed by atoms with van der Waals surface area (Å²) in [6, 6.07) is 7.34. The Bertz CT molecular complexity index is 602. The Morgan fingerprint density at radius 1 is 1.38 bits per heavy atom. The number of rotatable bonds is 0. The van der Waals surface area contributed by atoms with Crippen molar-refractivity contribution in [2.75, 3.05) is 0 Å². The maximum atomic E-state index is 9.42. The number of hydrogen-bond acceptors (Lipinski definition) is 3. The number of hydrogen-bond donors (Lipinski definition) is 2. The van der Waals surface area contributed by atoms with Crippen molar-refractivity contribution in [1.29, 1.82) is 0 Å². The fourth-order valence-corrected chi connectivity index (χ4v) is 2.09. The van der Waals surface area contributed by atoms with Gasteiger partial charge in [0.25, 0.3) is 0 Å². The smallest absolute Gasteiger partial charge is 0.116 e. The van der Waals surface area contributed by atoms with Crippen molar-refractivity contribution >= 4 is 16.6 Å². The molecule has 3 rings (SSSR count). The second-order valence-electron chi connectivity index (χ2n) is 3.93. The minimum absolute atomic E-state index is 0.284. The van der Waals surface area contributed by atoms with Crippen LogP contribution in [0.3, 0.4) is 0 Å². The molecule has 1 aromatic carbocycles. The second kappa shape index (κ2) is 3.23. The van der Waals surface area contributed by atoms with Gasteiger partial charge in [0, 0.05) is 11.9 Å². The molecule has 2 aromatic rings. The first kappa shape index (κ1) is 9.21. The van der Waals surface area contributed by atoms with E-state index < -0.39 is 0 Å². The van der Waals surface area contributed by atoms with E-state index in [2.05, 4.69) is 16.4 Å². The summed E-state index contributed by atoms with van der Waals surface area (Å²) in [4.78, 5) is 4.61. The van der Waals surface area contributed by atoms with Gasteiger partial charge in [-0.2, -0.15) is 0 Å². The lowest BCUT2D eigenvalue weighted by atomic mass is 10.1. The molecule has 3 nitrogen and oxygen atoms in total. The van der Waals surface area contributed by atoms with Crippen molar-refractivity contribution in [3.8, 4) is 5.75 Å². The van der Waals surface area contributed by atoms with Gasteiger partial charge in [-0.1, -0.05) is 6.08 Å². The summed E-state index contributed by atoms with van der Waals surface area (Å²) in [6.45, 7) is 2.81. The molecule has 0 unspecified atom stereocenters. The zero-order valence-corrected chi connectivity index (χ0v) is 8.99. The maximum Gasteiger partial charge on any atom is 0.116 e. The van der Waals surface area contributed by atoms with Gasteiger partial charge in [0.05, 0.1) is 16.9 Å². The Hall–Kier alpha value is -2.03. The summed E-state index contributed by atoms with van der Waals surface area (Å²) in [5, 5.41) is 13.7. The first-order chi connectivity index (χ1) is 7.78. The number of allylic oxidation sites excluding steroid dienone is 1. The predicted molar refractivity (Wildman–Crippen MR) is 63.9 cm³/mol. The molecule has 0 bridgehead atoms. The van der Waals surface area contributed by atoms with Gasteiger partial charge in [0.2, 0.25) is 0 Å². The van der Waals surface area contributed by atoms with Crippen molar-refractivity contribution in [1.82, 2.24) is 10.3 Å². The largest absolute Gasteiger partial charge is 0.508 e. The highest BCUT2D eigenvalue weighted by Crippen LogP contribution is 2.27. The van der Waals surface area contributed by atoms with Crippen LogP contribution in [0.5, 0.6) is 5.75 Å². The van der Waals surface area contributed by atoms with E-state index in [4.69, 9.17) is 0 Å². The van der Waals surface area contributed by atoms with Gasteiger partial charge in [-0.05, 0) is 36.8 Å². The molecule has 0 spiro atoms. The van der Waals surface area contributed by atoms with Crippen LogP contribution in [0.15, 0.2) is 30.3 Å². The van der Waals surface area contributed by atoms with Gasteiger partial charge in [-0.3, -0.25) is 0 Å². The second-order valence-corrected chi connectivity index (χ2v) is 3.93. The van der Waals surface area contributed by atoms with Crippen LogP contribution in [0.25, 0.3) is 16.6 Å². The lowest BCUT2D eigenvalue weighted by Gasteiger charge is -2.02. The molecule has 1 aromatic heterocycles. The average Bonchev–Trinajstić information content (AvgIpc) is 2.68. The van der Waals surface area contributed by atoms with E-state index in [1.807, 2.05) is 19.1 Å². The quantitative estimate of drug-likeness (QED) is 0.704. The highest BCUT2D eigenvalue weighted by Gasteiger charge is 2.17. The highest BCUT2D eigenvalue weighted by atomic mass is 16.3. The molecule has 0 aliphatic carbocycles. The number of phenolic OH excluding ortho intramolecular Hbond substituents is 1. The van der Waals surface area contributed by atoms with E-state index >= 15 is 0 Å². The van der Waals surface area contributed by atoms with E-state index in [0.29, 0.717) is 0 Å². The SMILES string of the molecule is C/C=C1\NCc2cc3cc(O)ccc3nc21. The summed E-state index contributed by atoms with van der Waals surface area (Å²) in [7, 11) is 0. The van der Waals surface area contributed by atoms with Crippen LogP contribution in [0.4, 0.5) is 0 Å². The molecule has 3 heteroatoms. The van der Waals surface area contributed by atoms with Crippen molar-refractivity contribution in [3.05, 3.63) is 41.6 Å². The van der Waals surface area contributed by atoms with Crippen LogP contribution >= 0.6 is 0 Å². The standard InChI is InChI=1S/C13H12N2O/c1-2-11-13-9(7-14-11)5-8-6-10(16)3-4-12(8)15-13/h2-6,14,16H,7H2,1H3/b11-2-. The predicted octanol–water partition coefficient (Wildman–Crippen LogP) is 2.40. The number of nitrogens with one attached hydrogen (secondary N) is 1. The molecular weight excluding hydrogens is 200 g/mol. The average molecular weight is 212 g/mol. The molecule has 2 heterocycles. The third-order valence-corrected chi connectivity index (χ3v) is 2.89. The van der Waals surface area contributed by atoms with Gasteiger partial charge in [0.1, 0.15) is 5.75 Å². The summed E-state index contributed by atoms with van der Waals surface area (Å²) < 4.78 is 0. The summed E-state index contributed by atoms with van der Waals surface area (Å²) in [5.41, 5.74) is 4.22. The Kier molecular flexibility index (Phi) is 1.86. The van der Waals surface area contributed by atoms with E-state index in [1.165, 1.54) is 5.56 Å². The zero-order chi connectivity index (χ0) is 11.1. The monoisotopic (exact) mass is 212 g/mol. The van der Waals surface area contributed by atoms with Crippen molar-refractivity contribution < 1.29 is 5.11 Å². The van der Waals surface area contributed by atoms with Crippen LogP contribution in [0, 0.1) is 0 Å². The zero-order valence-electron chi connectivity index (χ0n) is 8.99. The lowest BCUT2D eigenvalue weighted by Crippen LogP contribution is -1.99. The van der Waals surface area contributed by atoms with E-state index in [9.17, 15) is 5.11 Å². The molecule has 2 N–H and O–H groups in total. The normalized spacial score (nSPS) is 16.4. The third kappa shape index (κ3) is 1.25. The Labute approximate surface area is 93.4 Å². The molecule has 1 aliphatic rings. The topological polar surface area (TPSA) is 45.1 Å². The van der Waals surface area contributed by atoms with E-state index in [1.54, 1.807) is 12.1 Å². The van der Waals surface area contributed by atoms with Crippen LogP contribution in [0.1, 0.15) is 18.2 Å². The number of pyridine rings is 1. The Balaban J connectivity index is 2.30.